The smallest absolute Gasteiger partial charge is 0.219 e. The summed E-state index contributed by atoms with van der Waals surface area (Å²) >= 11 is 3.19. The summed E-state index contributed by atoms with van der Waals surface area (Å²) in [5.74, 6) is 0. The molecule has 1 heterocycles. The maximum Gasteiger partial charge on any atom is 0.219 e. The number of aliphatic hydroxyl groups excluding tert-OH is 1. The van der Waals surface area contributed by atoms with Gasteiger partial charge in [0.2, 0.25) is 7.37 Å². The molecule has 1 aliphatic rings. The van der Waals surface area contributed by atoms with Crippen molar-refractivity contribution in [1.82, 2.24) is 0 Å². The van der Waals surface area contributed by atoms with Gasteiger partial charge in [-0.3, -0.25) is 4.57 Å². The summed E-state index contributed by atoms with van der Waals surface area (Å²) in [5, 5.41) is 9.26. The Morgan fingerprint density at radius 2 is 2.45 bits per heavy atom. The Kier molecular flexibility index (Phi) is 3.15. The van der Waals surface area contributed by atoms with Gasteiger partial charge in [-0.1, -0.05) is 15.9 Å². The average molecular weight is 243 g/mol. The number of hydrogen-bond donors (Lipinski definition) is 1. The Morgan fingerprint density at radius 1 is 1.82 bits per heavy atom. The third-order valence-corrected chi connectivity index (χ3v) is 6.93. The van der Waals surface area contributed by atoms with E-state index in [1.54, 1.807) is 0 Å². The molecule has 1 fully saturated rings. The van der Waals surface area contributed by atoms with Gasteiger partial charge in [0.25, 0.3) is 0 Å². The summed E-state index contributed by atoms with van der Waals surface area (Å²) in [6.45, 7) is 2.26. The third kappa shape index (κ3) is 1.86. The van der Waals surface area contributed by atoms with E-state index in [1.807, 2.05) is 6.92 Å². The van der Waals surface area contributed by atoms with Crippen LogP contribution in [0.25, 0.3) is 0 Å². The molecular formula is C6H12BrO3P. The van der Waals surface area contributed by atoms with Crippen LogP contribution in [0.2, 0.25) is 0 Å². The highest BCUT2D eigenvalue weighted by molar-refractivity contribution is 9.10. The van der Waals surface area contributed by atoms with Crippen molar-refractivity contribution < 1.29 is 14.2 Å². The number of halogens is 1. The molecule has 0 bridgehead atoms. The molecular weight excluding hydrogens is 231 g/mol. The van der Waals surface area contributed by atoms with Crippen LogP contribution in [0.4, 0.5) is 0 Å². The first-order valence-electron chi connectivity index (χ1n) is 3.65. The number of alkyl halides is 1. The summed E-state index contributed by atoms with van der Waals surface area (Å²) in [5.41, 5.74) is 0. The van der Waals surface area contributed by atoms with Gasteiger partial charge in [-0.2, -0.15) is 0 Å². The lowest BCUT2D eigenvalue weighted by atomic mass is 10.3. The van der Waals surface area contributed by atoms with Crippen LogP contribution in [0.1, 0.15) is 13.3 Å². The van der Waals surface area contributed by atoms with Crippen LogP contribution in [0.5, 0.6) is 0 Å². The van der Waals surface area contributed by atoms with Crippen molar-refractivity contribution in [1.29, 1.82) is 0 Å². The quantitative estimate of drug-likeness (QED) is 0.594. The van der Waals surface area contributed by atoms with Crippen LogP contribution in [0, 0.1) is 0 Å². The fraction of sp³-hybridized carbons (Fsp3) is 1.00. The van der Waals surface area contributed by atoms with Crippen LogP contribution in [-0.4, -0.2) is 28.5 Å². The zero-order valence-corrected chi connectivity index (χ0v) is 8.85. The Balaban J connectivity index is 2.65. The van der Waals surface area contributed by atoms with E-state index in [4.69, 9.17) is 4.52 Å². The second-order valence-electron chi connectivity index (χ2n) is 2.60. The number of aliphatic hydroxyl groups is 1. The van der Waals surface area contributed by atoms with E-state index in [-0.39, 0.29) is 4.57 Å². The summed E-state index contributed by atoms with van der Waals surface area (Å²) in [6, 6.07) is 0. The zero-order chi connectivity index (χ0) is 8.48. The van der Waals surface area contributed by atoms with Crippen molar-refractivity contribution >= 4 is 23.3 Å². The molecule has 3 atom stereocenters. The fourth-order valence-corrected chi connectivity index (χ4v) is 4.68. The molecule has 3 nitrogen and oxygen atoms in total. The van der Waals surface area contributed by atoms with Gasteiger partial charge in [0.15, 0.2) is 0 Å². The molecule has 1 N–H and O–H groups in total. The van der Waals surface area contributed by atoms with Gasteiger partial charge < -0.3 is 9.63 Å². The predicted octanol–water partition coefficient (Wildman–Crippen LogP) is 1.79. The standard InChI is InChI=1S/C6H12BrO3P/c1-2-10-11(9)4-3-5(8)6(11)7/h5-6,8H,2-4H2,1H3. The topological polar surface area (TPSA) is 46.5 Å². The molecule has 0 aromatic rings. The molecule has 3 unspecified atom stereocenters. The fourth-order valence-electron chi connectivity index (χ4n) is 1.19. The van der Waals surface area contributed by atoms with Gasteiger partial charge in [-0.25, -0.2) is 0 Å². The maximum absolute atomic E-state index is 11.7. The Hall–Kier alpha value is 0.630. The van der Waals surface area contributed by atoms with E-state index in [1.165, 1.54) is 0 Å². The van der Waals surface area contributed by atoms with Crippen molar-refractivity contribution in [2.24, 2.45) is 0 Å². The summed E-state index contributed by atoms with van der Waals surface area (Å²) in [4.78, 5) is 0. The lowest BCUT2D eigenvalue weighted by molar-refractivity contribution is 0.194. The largest absolute Gasteiger partial charge is 0.391 e. The lowest BCUT2D eigenvalue weighted by Gasteiger charge is -2.15. The molecule has 5 heteroatoms. The molecule has 0 spiro atoms. The molecule has 0 radical (unpaired) electrons. The molecule has 0 amide bonds. The first-order chi connectivity index (χ1) is 5.10. The number of rotatable bonds is 2. The molecule has 0 aromatic carbocycles. The van der Waals surface area contributed by atoms with Crippen LogP contribution in [0.3, 0.4) is 0 Å². The Morgan fingerprint density at radius 3 is 2.82 bits per heavy atom. The van der Waals surface area contributed by atoms with Gasteiger partial charge in [0.05, 0.1) is 12.7 Å². The minimum atomic E-state index is -2.55. The van der Waals surface area contributed by atoms with E-state index < -0.39 is 13.5 Å². The minimum Gasteiger partial charge on any atom is -0.391 e. The van der Waals surface area contributed by atoms with Crippen LogP contribution < -0.4 is 0 Å². The Bertz CT molecular complexity index is 179. The molecule has 0 aromatic heterocycles. The lowest BCUT2D eigenvalue weighted by Crippen LogP contribution is -2.12. The van der Waals surface area contributed by atoms with Gasteiger partial charge in [0.1, 0.15) is 4.57 Å². The summed E-state index contributed by atoms with van der Waals surface area (Å²) in [7, 11) is -2.55. The minimum absolute atomic E-state index is 0.352. The van der Waals surface area contributed by atoms with Crippen molar-refractivity contribution in [2.75, 3.05) is 12.8 Å². The van der Waals surface area contributed by atoms with Crippen molar-refractivity contribution in [2.45, 2.75) is 24.0 Å². The molecule has 1 aliphatic heterocycles. The van der Waals surface area contributed by atoms with Gasteiger partial charge in [-0.05, 0) is 13.3 Å². The highest BCUT2D eigenvalue weighted by Gasteiger charge is 2.43. The van der Waals surface area contributed by atoms with Crippen molar-refractivity contribution in [3.8, 4) is 0 Å². The van der Waals surface area contributed by atoms with E-state index in [9.17, 15) is 9.67 Å². The zero-order valence-electron chi connectivity index (χ0n) is 6.36. The first-order valence-corrected chi connectivity index (χ1v) is 6.45. The highest BCUT2D eigenvalue weighted by atomic mass is 79.9. The molecule has 11 heavy (non-hydrogen) atoms. The van der Waals surface area contributed by atoms with Crippen LogP contribution in [0.15, 0.2) is 0 Å². The van der Waals surface area contributed by atoms with Crippen molar-refractivity contribution in [3.63, 3.8) is 0 Å². The van der Waals surface area contributed by atoms with Gasteiger partial charge >= 0.3 is 0 Å². The maximum atomic E-state index is 11.7. The van der Waals surface area contributed by atoms with Crippen LogP contribution in [-0.2, 0) is 9.09 Å². The van der Waals surface area contributed by atoms with E-state index in [0.717, 1.165) is 0 Å². The summed E-state index contributed by atoms with van der Waals surface area (Å²) in [6.07, 6.45) is 0.567. The molecule has 0 saturated carbocycles. The SMILES string of the molecule is CCOP1(=O)CCC(O)C1Br. The van der Waals surface area contributed by atoms with E-state index in [0.29, 0.717) is 19.2 Å². The highest BCUT2D eigenvalue weighted by Crippen LogP contribution is 2.61. The molecule has 1 saturated heterocycles. The Labute approximate surface area is 74.7 Å². The normalized spacial score (nSPS) is 44.6. The third-order valence-electron chi connectivity index (χ3n) is 1.78. The monoisotopic (exact) mass is 242 g/mol. The second kappa shape index (κ2) is 3.56. The second-order valence-corrected chi connectivity index (χ2v) is 7.00. The summed E-state index contributed by atoms with van der Waals surface area (Å²) < 4.78 is 16.5. The first kappa shape index (κ1) is 9.72. The number of hydrogen-bond acceptors (Lipinski definition) is 3. The van der Waals surface area contributed by atoms with E-state index >= 15 is 0 Å². The predicted molar refractivity (Wildman–Crippen MR) is 47.4 cm³/mol. The molecule has 1 rings (SSSR count). The van der Waals surface area contributed by atoms with Crippen LogP contribution >= 0.6 is 23.3 Å². The van der Waals surface area contributed by atoms with Gasteiger partial charge in [-0.15, -0.1) is 0 Å². The van der Waals surface area contributed by atoms with Gasteiger partial charge in [0, 0.05) is 6.16 Å². The average Bonchev–Trinajstić information content (AvgIpc) is 2.19. The van der Waals surface area contributed by atoms with Crippen molar-refractivity contribution in [3.05, 3.63) is 0 Å². The molecule has 66 valence electrons. The van der Waals surface area contributed by atoms with E-state index in [2.05, 4.69) is 15.9 Å². The molecule has 0 aliphatic carbocycles.